The fraction of sp³-hybridized carbons (Fsp3) is 0.889. The van der Waals surface area contributed by atoms with E-state index in [0.717, 1.165) is 25.2 Å². The van der Waals surface area contributed by atoms with E-state index in [1.807, 2.05) is 0 Å². The van der Waals surface area contributed by atoms with Gasteiger partial charge in [-0.2, -0.15) is 0 Å². The first kappa shape index (κ1) is 28.2. The van der Waals surface area contributed by atoms with Crippen LogP contribution in [0.2, 0.25) is 0 Å². The van der Waals surface area contributed by atoms with Crippen LogP contribution in [0.4, 0.5) is 0 Å². The molecule has 0 aliphatic carbocycles. The molecule has 172 valence electrons. The standard InChI is InChI=1S/C27H52O2/c1-4-5-6-7-8-9-10-11-15-18-21-24-27(28)29-25-22-19-16-13-12-14-17-20-23-26(2)3/h7-8,26H,4-6,9-25H2,1-3H3. The van der Waals surface area contributed by atoms with E-state index in [2.05, 4.69) is 32.9 Å². The van der Waals surface area contributed by atoms with E-state index < -0.39 is 0 Å². The van der Waals surface area contributed by atoms with Crippen molar-refractivity contribution in [3.63, 3.8) is 0 Å². The highest BCUT2D eigenvalue weighted by Crippen LogP contribution is 2.13. The van der Waals surface area contributed by atoms with Crippen molar-refractivity contribution in [3.8, 4) is 0 Å². The summed E-state index contributed by atoms with van der Waals surface area (Å²) in [6, 6.07) is 0. The first-order valence-electron chi connectivity index (χ1n) is 13.0. The maximum atomic E-state index is 11.8. The Morgan fingerprint density at radius 1 is 0.690 bits per heavy atom. The molecule has 0 saturated carbocycles. The SMILES string of the molecule is CCCCC=CCCCCCCCC(=O)OCCCCCCCCCCC(C)C. The number of rotatable bonds is 22. The molecule has 0 aromatic carbocycles. The van der Waals surface area contributed by atoms with Gasteiger partial charge >= 0.3 is 5.97 Å². The first-order chi connectivity index (χ1) is 14.2. The fourth-order valence-corrected chi connectivity index (χ4v) is 3.59. The van der Waals surface area contributed by atoms with Gasteiger partial charge in [0.2, 0.25) is 0 Å². The third kappa shape index (κ3) is 25.2. The number of hydrogen-bond donors (Lipinski definition) is 0. The second kappa shape index (κ2) is 23.5. The quantitative estimate of drug-likeness (QED) is 0.101. The van der Waals surface area contributed by atoms with Crippen LogP contribution in [0.25, 0.3) is 0 Å². The van der Waals surface area contributed by atoms with Crippen molar-refractivity contribution in [2.75, 3.05) is 6.61 Å². The molecule has 0 heterocycles. The summed E-state index contributed by atoms with van der Waals surface area (Å²) >= 11 is 0. The minimum Gasteiger partial charge on any atom is -0.466 e. The molecule has 0 aliphatic rings. The van der Waals surface area contributed by atoms with Gasteiger partial charge < -0.3 is 4.74 Å². The molecular weight excluding hydrogens is 356 g/mol. The Morgan fingerprint density at radius 2 is 1.21 bits per heavy atom. The van der Waals surface area contributed by atoms with Crippen molar-refractivity contribution in [1.29, 1.82) is 0 Å². The van der Waals surface area contributed by atoms with E-state index in [1.54, 1.807) is 0 Å². The molecule has 0 fully saturated rings. The molecule has 0 aromatic rings. The van der Waals surface area contributed by atoms with Gasteiger partial charge in [-0.15, -0.1) is 0 Å². The van der Waals surface area contributed by atoms with Crippen molar-refractivity contribution < 1.29 is 9.53 Å². The summed E-state index contributed by atoms with van der Waals surface area (Å²) in [7, 11) is 0. The van der Waals surface area contributed by atoms with Crippen LogP contribution in [-0.4, -0.2) is 12.6 Å². The first-order valence-corrected chi connectivity index (χ1v) is 13.0. The lowest BCUT2D eigenvalue weighted by Crippen LogP contribution is -2.05. The smallest absolute Gasteiger partial charge is 0.305 e. The molecule has 29 heavy (non-hydrogen) atoms. The predicted molar refractivity (Wildman–Crippen MR) is 128 cm³/mol. The van der Waals surface area contributed by atoms with Crippen LogP contribution in [0.1, 0.15) is 143 Å². The van der Waals surface area contributed by atoms with Crippen LogP contribution in [0.3, 0.4) is 0 Å². The molecule has 0 radical (unpaired) electrons. The molecule has 0 amide bonds. The van der Waals surface area contributed by atoms with Gasteiger partial charge in [0.25, 0.3) is 0 Å². The van der Waals surface area contributed by atoms with Gasteiger partial charge in [0, 0.05) is 6.42 Å². The number of unbranched alkanes of at least 4 members (excludes halogenated alkanes) is 14. The van der Waals surface area contributed by atoms with Gasteiger partial charge in [0.05, 0.1) is 6.61 Å². The van der Waals surface area contributed by atoms with Crippen molar-refractivity contribution in [2.24, 2.45) is 5.92 Å². The Bertz CT molecular complexity index is 360. The maximum Gasteiger partial charge on any atom is 0.305 e. The van der Waals surface area contributed by atoms with Crippen molar-refractivity contribution in [1.82, 2.24) is 0 Å². The lowest BCUT2D eigenvalue weighted by atomic mass is 10.0. The van der Waals surface area contributed by atoms with Gasteiger partial charge in [0.15, 0.2) is 0 Å². The van der Waals surface area contributed by atoms with Gasteiger partial charge in [-0.05, 0) is 38.0 Å². The summed E-state index contributed by atoms with van der Waals surface area (Å²) in [5.41, 5.74) is 0. The molecule has 0 bridgehead atoms. The minimum atomic E-state index is 0.00834. The molecule has 0 saturated heterocycles. The Labute approximate surface area is 183 Å². The summed E-state index contributed by atoms with van der Waals surface area (Å²) < 4.78 is 5.37. The highest BCUT2D eigenvalue weighted by atomic mass is 16.5. The Kier molecular flexibility index (Phi) is 22.8. The minimum absolute atomic E-state index is 0.00834. The normalized spacial score (nSPS) is 11.6. The molecule has 0 aromatic heterocycles. The number of ether oxygens (including phenoxy) is 1. The largest absolute Gasteiger partial charge is 0.466 e. The van der Waals surface area contributed by atoms with E-state index >= 15 is 0 Å². The summed E-state index contributed by atoms with van der Waals surface area (Å²) in [6.45, 7) is 7.48. The maximum absolute atomic E-state index is 11.8. The topological polar surface area (TPSA) is 26.3 Å². The third-order valence-corrected chi connectivity index (χ3v) is 5.58. The van der Waals surface area contributed by atoms with Crippen molar-refractivity contribution >= 4 is 5.97 Å². The monoisotopic (exact) mass is 408 g/mol. The Hall–Kier alpha value is -0.790. The molecule has 0 N–H and O–H groups in total. The summed E-state index contributed by atoms with van der Waals surface area (Å²) in [6.07, 6.45) is 28.0. The van der Waals surface area contributed by atoms with Crippen LogP contribution in [0.5, 0.6) is 0 Å². The van der Waals surface area contributed by atoms with E-state index in [1.165, 1.54) is 96.3 Å². The van der Waals surface area contributed by atoms with E-state index in [4.69, 9.17) is 4.74 Å². The zero-order valence-corrected chi connectivity index (χ0v) is 20.2. The van der Waals surface area contributed by atoms with Crippen LogP contribution < -0.4 is 0 Å². The zero-order valence-electron chi connectivity index (χ0n) is 20.2. The number of hydrogen-bond acceptors (Lipinski definition) is 2. The van der Waals surface area contributed by atoms with Gasteiger partial charge in [0.1, 0.15) is 0 Å². The van der Waals surface area contributed by atoms with Crippen LogP contribution >= 0.6 is 0 Å². The highest BCUT2D eigenvalue weighted by molar-refractivity contribution is 5.69. The Morgan fingerprint density at radius 3 is 1.83 bits per heavy atom. The van der Waals surface area contributed by atoms with E-state index in [9.17, 15) is 4.79 Å². The molecule has 0 rings (SSSR count). The third-order valence-electron chi connectivity index (χ3n) is 5.58. The van der Waals surface area contributed by atoms with Gasteiger partial charge in [-0.3, -0.25) is 4.79 Å². The fourth-order valence-electron chi connectivity index (χ4n) is 3.59. The molecule has 0 atom stereocenters. The van der Waals surface area contributed by atoms with Crippen LogP contribution in [-0.2, 0) is 9.53 Å². The number of carbonyl (C=O) groups excluding carboxylic acids is 1. The molecule has 0 spiro atoms. The van der Waals surface area contributed by atoms with Gasteiger partial charge in [-0.25, -0.2) is 0 Å². The van der Waals surface area contributed by atoms with Gasteiger partial charge in [-0.1, -0.05) is 116 Å². The molecular formula is C27H52O2. The molecule has 0 aliphatic heterocycles. The lowest BCUT2D eigenvalue weighted by Gasteiger charge is -2.06. The predicted octanol–water partition coefficient (Wildman–Crippen LogP) is 9.17. The van der Waals surface area contributed by atoms with E-state index in [0.29, 0.717) is 13.0 Å². The summed E-state index contributed by atoms with van der Waals surface area (Å²) in [4.78, 5) is 11.8. The van der Waals surface area contributed by atoms with Crippen LogP contribution in [0, 0.1) is 5.92 Å². The van der Waals surface area contributed by atoms with Crippen molar-refractivity contribution in [2.45, 2.75) is 143 Å². The second-order valence-electron chi connectivity index (χ2n) is 9.15. The number of allylic oxidation sites excluding steroid dienone is 2. The second-order valence-corrected chi connectivity index (χ2v) is 9.15. The summed E-state index contributed by atoms with van der Waals surface area (Å²) in [5.74, 6) is 0.860. The Balaban J connectivity index is 3.20. The molecule has 2 nitrogen and oxygen atoms in total. The number of carbonyl (C=O) groups is 1. The average molecular weight is 409 g/mol. The average Bonchev–Trinajstić information content (AvgIpc) is 2.70. The van der Waals surface area contributed by atoms with E-state index in [-0.39, 0.29) is 5.97 Å². The molecule has 2 heteroatoms. The zero-order chi connectivity index (χ0) is 21.4. The highest BCUT2D eigenvalue weighted by Gasteiger charge is 2.02. The van der Waals surface area contributed by atoms with Crippen LogP contribution in [0.15, 0.2) is 12.2 Å². The lowest BCUT2D eigenvalue weighted by molar-refractivity contribution is -0.143. The number of esters is 1. The van der Waals surface area contributed by atoms with Crippen molar-refractivity contribution in [3.05, 3.63) is 12.2 Å². The molecule has 0 unspecified atom stereocenters. The summed E-state index contributed by atoms with van der Waals surface area (Å²) in [5, 5.41) is 0.